The van der Waals surface area contributed by atoms with Crippen molar-refractivity contribution in [3.63, 3.8) is 0 Å². The Morgan fingerprint density at radius 3 is 2.19 bits per heavy atom. The molecule has 0 aromatic heterocycles. The predicted octanol–water partition coefficient (Wildman–Crippen LogP) is 2.08. The van der Waals surface area contributed by atoms with Gasteiger partial charge in [-0.15, -0.1) is 0 Å². The quantitative estimate of drug-likeness (QED) is 0.689. The molecule has 0 N–H and O–H groups in total. The third-order valence-electron chi connectivity index (χ3n) is 2.79. The first-order valence-electron chi connectivity index (χ1n) is 5.69. The van der Waals surface area contributed by atoms with Crippen molar-refractivity contribution in [3.05, 3.63) is 0 Å². The van der Waals surface area contributed by atoms with Crippen molar-refractivity contribution >= 4 is 11.9 Å². The first-order valence-corrected chi connectivity index (χ1v) is 5.69. The van der Waals surface area contributed by atoms with Crippen LogP contribution in [-0.4, -0.2) is 35.5 Å². The van der Waals surface area contributed by atoms with E-state index in [2.05, 4.69) is 0 Å². The van der Waals surface area contributed by atoms with Crippen LogP contribution in [0.5, 0.6) is 0 Å². The first-order chi connectivity index (χ1) is 7.20. The summed E-state index contributed by atoms with van der Waals surface area (Å²) in [7, 11) is 0. The Balaban J connectivity index is 2.58. The molecule has 2 atom stereocenters. The molecule has 2 unspecified atom stereocenters. The topological polar surface area (TPSA) is 46.6 Å². The minimum atomic E-state index is -0.478. The van der Waals surface area contributed by atoms with Crippen molar-refractivity contribution in [2.75, 3.05) is 13.1 Å². The lowest BCUT2D eigenvalue weighted by molar-refractivity contribution is -0.121. The zero-order chi connectivity index (χ0) is 12.5. The Bertz CT molecular complexity index is 293. The Kier molecular flexibility index (Phi) is 3.61. The lowest BCUT2D eigenvalue weighted by atomic mass is 9.95. The summed E-state index contributed by atoms with van der Waals surface area (Å²) in [4.78, 5) is 24.7. The molecule has 0 radical (unpaired) electrons. The van der Waals surface area contributed by atoms with Gasteiger partial charge >= 0.3 is 6.09 Å². The number of nitrogens with zero attached hydrogens (tertiary/aromatic N) is 1. The normalized spacial score (nSPS) is 25.7. The first kappa shape index (κ1) is 13.0. The molecule has 0 aromatic rings. The van der Waals surface area contributed by atoms with Gasteiger partial charge in [-0.25, -0.2) is 4.79 Å². The highest BCUT2D eigenvalue weighted by atomic mass is 16.6. The minimum Gasteiger partial charge on any atom is -0.444 e. The number of Topliss-reactive ketones (excluding diaryl/α,β-unsaturated/α-hetero) is 1. The van der Waals surface area contributed by atoms with Gasteiger partial charge in [-0.2, -0.15) is 0 Å². The van der Waals surface area contributed by atoms with E-state index in [9.17, 15) is 9.59 Å². The predicted molar refractivity (Wildman–Crippen MR) is 61.1 cm³/mol. The fourth-order valence-electron chi connectivity index (χ4n) is 1.97. The molecule has 0 aromatic carbocycles. The second-order valence-corrected chi connectivity index (χ2v) is 5.58. The molecule has 0 spiro atoms. The summed E-state index contributed by atoms with van der Waals surface area (Å²) in [5, 5.41) is 0. The number of likely N-dealkylation sites (tertiary alicyclic amines) is 1. The summed E-state index contributed by atoms with van der Waals surface area (Å²) in [5.74, 6) is 0.344. The van der Waals surface area contributed by atoms with Gasteiger partial charge in [0, 0.05) is 19.0 Å². The van der Waals surface area contributed by atoms with Gasteiger partial charge in [-0.05, 0) is 33.6 Å². The molecular weight excluding hydrogens is 206 g/mol. The average Bonchev–Trinajstić information content (AvgIpc) is 2.44. The van der Waals surface area contributed by atoms with Gasteiger partial charge in [-0.1, -0.05) is 6.92 Å². The summed E-state index contributed by atoms with van der Waals surface area (Å²) >= 11 is 0. The lowest BCUT2D eigenvalue weighted by Crippen LogP contribution is -2.35. The number of rotatable bonds is 1. The van der Waals surface area contributed by atoms with E-state index in [4.69, 9.17) is 4.74 Å². The maximum atomic E-state index is 11.8. The number of ketones is 1. The van der Waals surface area contributed by atoms with Crippen LogP contribution < -0.4 is 0 Å². The Morgan fingerprint density at radius 1 is 1.25 bits per heavy atom. The van der Waals surface area contributed by atoms with Crippen molar-refractivity contribution in [1.29, 1.82) is 0 Å². The third-order valence-corrected chi connectivity index (χ3v) is 2.79. The zero-order valence-corrected chi connectivity index (χ0v) is 10.7. The van der Waals surface area contributed by atoms with Gasteiger partial charge in [0.25, 0.3) is 0 Å². The van der Waals surface area contributed by atoms with Crippen molar-refractivity contribution in [3.8, 4) is 0 Å². The highest BCUT2D eigenvalue weighted by molar-refractivity contribution is 5.80. The fourth-order valence-corrected chi connectivity index (χ4v) is 1.97. The van der Waals surface area contributed by atoms with Crippen molar-refractivity contribution < 1.29 is 14.3 Å². The van der Waals surface area contributed by atoms with Crippen LogP contribution in [0.2, 0.25) is 0 Å². The molecule has 4 nitrogen and oxygen atoms in total. The zero-order valence-electron chi connectivity index (χ0n) is 10.7. The van der Waals surface area contributed by atoms with E-state index in [0.717, 1.165) is 0 Å². The molecular formula is C12H21NO3. The average molecular weight is 227 g/mol. The van der Waals surface area contributed by atoms with Crippen LogP contribution in [-0.2, 0) is 9.53 Å². The van der Waals surface area contributed by atoms with Gasteiger partial charge in [0.1, 0.15) is 11.4 Å². The summed E-state index contributed by atoms with van der Waals surface area (Å²) in [6.45, 7) is 10.2. The van der Waals surface area contributed by atoms with Crippen molar-refractivity contribution in [1.82, 2.24) is 4.90 Å². The highest BCUT2D eigenvalue weighted by Crippen LogP contribution is 2.25. The number of amides is 1. The molecule has 1 aliphatic rings. The smallest absolute Gasteiger partial charge is 0.410 e. The molecule has 0 aliphatic carbocycles. The van der Waals surface area contributed by atoms with E-state index in [1.807, 2.05) is 27.7 Å². The van der Waals surface area contributed by atoms with Crippen LogP contribution in [0.15, 0.2) is 0 Å². The lowest BCUT2D eigenvalue weighted by Gasteiger charge is -2.24. The molecule has 1 rings (SSSR count). The molecule has 1 heterocycles. The maximum Gasteiger partial charge on any atom is 0.410 e. The van der Waals surface area contributed by atoms with Crippen molar-refractivity contribution in [2.45, 2.75) is 40.2 Å². The molecule has 0 saturated carbocycles. The second-order valence-electron chi connectivity index (χ2n) is 5.58. The maximum absolute atomic E-state index is 11.8. The van der Waals surface area contributed by atoms with Gasteiger partial charge < -0.3 is 9.64 Å². The van der Waals surface area contributed by atoms with Gasteiger partial charge in [-0.3, -0.25) is 4.79 Å². The highest BCUT2D eigenvalue weighted by Gasteiger charge is 2.36. The van der Waals surface area contributed by atoms with Crippen LogP contribution in [0, 0.1) is 11.8 Å². The molecule has 1 aliphatic heterocycles. The Labute approximate surface area is 96.9 Å². The summed E-state index contributed by atoms with van der Waals surface area (Å²) in [5.41, 5.74) is -0.478. The molecule has 16 heavy (non-hydrogen) atoms. The monoisotopic (exact) mass is 227 g/mol. The van der Waals surface area contributed by atoms with Crippen molar-refractivity contribution in [2.24, 2.45) is 11.8 Å². The second kappa shape index (κ2) is 4.44. The standard InChI is InChI=1S/C12H21NO3/c1-8-6-13(7-10(8)9(2)14)11(15)16-12(3,4)5/h8,10H,6-7H2,1-5H3. The molecule has 1 amide bonds. The number of hydrogen-bond donors (Lipinski definition) is 0. The number of ether oxygens (including phenoxy) is 1. The van der Waals surface area contributed by atoms with E-state index in [0.29, 0.717) is 13.1 Å². The molecule has 4 heteroatoms. The van der Waals surface area contributed by atoms with E-state index in [1.165, 1.54) is 0 Å². The van der Waals surface area contributed by atoms with Crippen LogP contribution in [0.1, 0.15) is 34.6 Å². The Hall–Kier alpha value is -1.06. The van der Waals surface area contributed by atoms with E-state index >= 15 is 0 Å². The number of carbonyl (C=O) groups is 2. The van der Waals surface area contributed by atoms with Crippen LogP contribution in [0.25, 0.3) is 0 Å². The van der Waals surface area contributed by atoms with E-state index in [1.54, 1.807) is 11.8 Å². The molecule has 92 valence electrons. The van der Waals surface area contributed by atoms with E-state index in [-0.39, 0.29) is 23.7 Å². The molecule has 0 bridgehead atoms. The van der Waals surface area contributed by atoms with Crippen LogP contribution >= 0.6 is 0 Å². The summed E-state index contributed by atoms with van der Waals surface area (Å²) < 4.78 is 5.27. The van der Waals surface area contributed by atoms with Crippen LogP contribution in [0.3, 0.4) is 0 Å². The molecule has 1 fully saturated rings. The van der Waals surface area contributed by atoms with Gasteiger partial charge in [0.05, 0.1) is 0 Å². The third kappa shape index (κ3) is 3.22. The van der Waals surface area contributed by atoms with Gasteiger partial charge in [0.15, 0.2) is 0 Å². The summed E-state index contributed by atoms with van der Waals surface area (Å²) in [6, 6.07) is 0. The van der Waals surface area contributed by atoms with E-state index < -0.39 is 5.60 Å². The largest absolute Gasteiger partial charge is 0.444 e. The van der Waals surface area contributed by atoms with Gasteiger partial charge in [0.2, 0.25) is 0 Å². The SMILES string of the molecule is CC(=O)C1CN(C(=O)OC(C)(C)C)CC1C. The fraction of sp³-hybridized carbons (Fsp3) is 0.833. The van der Waals surface area contributed by atoms with Crippen LogP contribution in [0.4, 0.5) is 4.79 Å². The Morgan fingerprint density at radius 2 is 1.81 bits per heavy atom. The molecule has 1 saturated heterocycles. The number of carbonyl (C=O) groups excluding carboxylic acids is 2. The summed E-state index contributed by atoms with van der Waals surface area (Å²) in [6.07, 6.45) is -0.317. The minimum absolute atomic E-state index is 0.0347. The number of hydrogen-bond acceptors (Lipinski definition) is 3.